The van der Waals surface area contributed by atoms with Crippen molar-refractivity contribution in [2.75, 3.05) is 18.5 Å². The Balaban J connectivity index is 1.70. The highest BCUT2D eigenvalue weighted by Gasteiger charge is 2.28. The van der Waals surface area contributed by atoms with Gasteiger partial charge in [-0.15, -0.1) is 5.10 Å². The van der Waals surface area contributed by atoms with Gasteiger partial charge in [0.2, 0.25) is 5.28 Å². The molecule has 2 atom stereocenters. The zero-order valence-corrected chi connectivity index (χ0v) is 16.4. The van der Waals surface area contributed by atoms with Crippen LogP contribution in [0.2, 0.25) is 5.28 Å². The molecule has 3 aromatic rings. The maximum Gasteiger partial charge on any atom is 0.243 e. The number of nitrogens with two attached hydrogens (primary N) is 1. The van der Waals surface area contributed by atoms with Crippen molar-refractivity contribution in [3.8, 4) is 0 Å². The Morgan fingerprint density at radius 1 is 1.35 bits per heavy atom. The Bertz CT molecular complexity index is 917. The highest BCUT2D eigenvalue weighted by atomic mass is 79.9. The molecule has 0 radical (unpaired) electrons. The molecule has 1 saturated heterocycles. The first-order valence-corrected chi connectivity index (χ1v) is 9.66. The van der Waals surface area contributed by atoms with Crippen LogP contribution in [0.25, 0.3) is 5.52 Å². The van der Waals surface area contributed by atoms with E-state index in [0.29, 0.717) is 25.6 Å². The monoisotopic (exact) mass is 435 g/mol. The van der Waals surface area contributed by atoms with Crippen LogP contribution >= 0.6 is 27.5 Å². The molecule has 0 saturated carbocycles. The van der Waals surface area contributed by atoms with Gasteiger partial charge in [0.15, 0.2) is 5.82 Å². The molecule has 1 aromatic carbocycles. The molecule has 0 bridgehead atoms. The molecule has 0 aliphatic carbocycles. The second-order valence-corrected chi connectivity index (χ2v) is 7.48. The van der Waals surface area contributed by atoms with Gasteiger partial charge in [-0.1, -0.05) is 30.3 Å². The lowest BCUT2D eigenvalue weighted by Gasteiger charge is -2.28. The number of ether oxygens (including phenoxy) is 1. The zero-order valence-electron chi connectivity index (χ0n) is 14.0. The summed E-state index contributed by atoms with van der Waals surface area (Å²) in [5, 5.41) is 7.87. The maximum atomic E-state index is 6.32. The van der Waals surface area contributed by atoms with E-state index in [1.54, 1.807) is 4.52 Å². The quantitative estimate of drug-likeness (QED) is 0.653. The molecule has 2 aromatic heterocycles. The van der Waals surface area contributed by atoms with Crippen molar-refractivity contribution in [2.45, 2.75) is 24.9 Å². The number of rotatable bonds is 4. The van der Waals surface area contributed by atoms with Crippen LogP contribution < -0.4 is 11.1 Å². The standard InChI is InChI=1S/C18H19BrClN5O/c19-16-12(13-10-26-7-6-14(13)21)8-15-17(23-18(20)24-25(15)16)22-9-11-4-2-1-3-5-11/h1-5,8,13-14H,6-7,9-10,21H2,(H,22,23,24)/t13-,14+/m1/s1. The first-order valence-electron chi connectivity index (χ1n) is 8.49. The number of halogens is 2. The van der Waals surface area contributed by atoms with Crippen LogP contribution in [0.5, 0.6) is 0 Å². The number of hydrogen-bond donors (Lipinski definition) is 2. The predicted molar refractivity (Wildman–Crippen MR) is 106 cm³/mol. The van der Waals surface area contributed by atoms with Crippen molar-refractivity contribution in [1.82, 2.24) is 14.6 Å². The SMILES string of the molecule is N[C@H]1CCOC[C@@H]1c1cc2c(NCc3ccccc3)nc(Cl)nn2c1Br. The minimum Gasteiger partial charge on any atom is -0.381 e. The number of nitrogens with zero attached hydrogens (tertiary/aromatic N) is 3. The molecule has 6 nitrogen and oxygen atoms in total. The van der Waals surface area contributed by atoms with E-state index in [4.69, 9.17) is 22.1 Å². The molecular formula is C18H19BrClN5O. The second kappa shape index (κ2) is 7.52. The van der Waals surface area contributed by atoms with E-state index < -0.39 is 0 Å². The molecule has 8 heteroatoms. The second-order valence-electron chi connectivity index (χ2n) is 6.39. The maximum absolute atomic E-state index is 6.32. The summed E-state index contributed by atoms with van der Waals surface area (Å²) in [7, 11) is 0. The van der Waals surface area contributed by atoms with Crippen molar-refractivity contribution >= 4 is 38.9 Å². The van der Waals surface area contributed by atoms with Crippen LogP contribution in [-0.2, 0) is 11.3 Å². The number of fused-ring (bicyclic) bond motifs is 1. The van der Waals surface area contributed by atoms with Gasteiger partial charge in [-0.05, 0) is 51.1 Å². The zero-order chi connectivity index (χ0) is 18.1. The summed E-state index contributed by atoms with van der Waals surface area (Å²) < 4.78 is 8.23. The number of hydrogen-bond acceptors (Lipinski definition) is 5. The first kappa shape index (κ1) is 17.7. The van der Waals surface area contributed by atoms with Gasteiger partial charge >= 0.3 is 0 Å². The molecule has 3 N–H and O–H groups in total. The Morgan fingerprint density at radius 2 is 2.15 bits per heavy atom. The fourth-order valence-electron chi connectivity index (χ4n) is 3.26. The van der Waals surface area contributed by atoms with Crippen LogP contribution in [0.3, 0.4) is 0 Å². The topological polar surface area (TPSA) is 77.5 Å². The minimum absolute atomic E-state index is 0.0571. The number of nitrogens with one attached hydrogen (secondary N) is 1. The van der Waals surface area contributed by atoms with E-state index in [1.807, 2.05) is 18.2 Å². The molecule has 136 valence electrons. The summed E-state index contributed by atoms with van der Waals surface area (Å²) in [5.41, 5.74) is 9.40. The van der Waals surface area contributed by atoms with Gasteiger partial charge in [0, 0.05) is 25.1 Å². The summed E-state index contributed by atoms with van der Waals surface area (Å²) in [6.45, 7) is 1.96. The lowest BCUT2D eigenvalue weighted by Crippen LogP contribution is -2.36. The molecule has 1 aliphatic rings. The molecule has 4 rings (SSSR count). The summed E-state index contributed by atoms with van der Waals surface area (Å²) in [6.07, 6.45) is 0.842. The molecule has 0 spiro atoms. The molecule has 1 fully saturated rings. The molecule has 0 unspecified atom stereocenters. The van der Waals surface area contributed by atoms with Gasteiger partial charge in [-0.3, -0.25) is 0 Å². The van der Waals surface area contributed by atoms with Gasteiger partial charge < -0.3 is 15.8 Å². The Morgan fingerprint density at radius 3 is 2.92 bits per heavy atom. The largest absolute Gasteiger partial charge is 0.381 e. The molecular weight excluding hydrogens is 418 g/mol. The number of benzene rings is 1. The van der Waals surface area contributed by atoms with Crippen molar-refractivity contribution < 1.29 is 4.74 Å². The summed E-state index contributed by atoms with van der Waals surface area (Å²) >= 11 is 9.80. The smallest absolute Gasteiger partial charge is 0.243 e. The van der Waals surface area contributed by atoms with Crippen molar-refractivity contribution in [3.05, 3.63) is 57.4 Å². The van der Waals surface area contributed by atoms with Gasteiger partial charge in [0.1, 0.15) is 10.1 Å². The fourth-order valence-corrected chi connectivity index (χ4v) is 4.10. The summed E-state index contributed by atoms with van der Waals surface area (Å²) in [5.74, 6) is 0.798. The lowest BCUT2D eigenvalue weighted by molar-refractivity contribution is 0.0689. The van der Waals surface area contributed by atoms with Crippen molar-refractivity contribution in [3.63, 3.8) is 0 Å². The Hall–Kier alpha value is -1.67. The average molecular weight is 437 g/mol. The van der Waals surface area contributed by atoms with Crippen LogP contribution in [0, 0.1) is 0 Å². The average Bonchev–Trinajstić information content (AvgIpc) is 2.98. The minimum atomic E-state index is 0.0571. The van der Waals surface area contributed by atoms with E-state index >= 15 is 0 Å². The summed E-state index contributed by atoms with van der Waals surface area (Å²) in [6, 6.07) is 12.3. The Labute approximate surface area is 164 Å². The molecule has 1 aliphatic heterocycles. The van der Waals surface area contributed by atoms with Crippen LogP contribution in [-0.4, -0.2) is 33.9 Å². The molecule has 0 amide bonds. The van der Waals surface area contributed by atoms with Crippen LogP contribution in [0.1, 0.15) is 23.5 Å². The van der Waals surface area contributed by atoms with E-state index in [-0.39, 0.29) is 17.2 Å². The highest BCUT2D eigenvalue weighted by Crippen LogP contribution is 2.35. The van der Waals surface area contributed by atoms with E-state index in [0.717, 1.165) is 27.7 Å². The predicted octanol–water partition coefficient (Wildman–Crippen LogP) is 3.59. The van der Waals surface area contributed by atoms with Gasteiger partial charge in [-0.2, -0.15) is 4.98 Å². The lowest BCUT2D eigenvalue weighted by atomic mass is 9.91. The van der Waals surface area contributed by atoms with Crippen molar-refractivity contribution in [1.29, 1.82) is 0 Å². The van der Waals surface area contributed by atoms with Crippen LogP contribution in [0.15, 0.2) is 41.0 Å². The van der Waals surface area contributed by atoms with E-state index in [9.17, 15) is 0 Å². The first-order chi connectivity index (χ1) is 12.6. The number of anilines is 1. The number of aromatic nitrogens is 3. The fraction of sp³-hybridized carbons (Fsp3) is 0.333. The molecule has 26 heavy (non-hydrogen) atoms. The third-order valence-corrected chi connectivity index (χ3v) is 5.64. The highest BCUT2D eigenvalue weighted by molar-refractivity contribution is 9.10. The van der Waals surface area contributed by atoms with Crippen LogP contribution in [0.4, 0.5) is 5.82 Å². The van der Waals surface area contributed by atoms with Gasteiger partial charge in [0.05, 0.1) is 6.61 Å². The normalized spacial score (nSPS) is 20.4. The van der Waals surface area contributed by atoms with E-state index in [1.165, 1.54) is 0 Å². The van der Waals surface area contributed by atoms with Gasteiger partial charge in [-0.25, -0.2) is 4.52 Å². The third-order valence-electron chi connectivity index (χ3n) is 4.69. The van der Waals surface area contributed by atoms with E-state index in [2.05, 4.69) is 49.5 Å². The Kier molecular flexibility index (Phi) is 5.13. The van der Waals surface area contributed by atoms with Crippen molar-refractivity contribution in [2.24, 2.45) is 5.73 Å². The molecule has 3 heterocycles. The summed E-state index contributed by atoms with van der Waals surface area (Å²) in [4.78, 5) is 4.37. The third kappa shape index (κ3) is 3.44. The van der Waals surface area contributed by atoms with Gasteiger partial charge in [0.25, 0.3) is 0 Å².